The molecule has 22 heavy (non-hydrogen) atoms. The number of carbonyl (C=O) groups excluding carboxylic acids is 1. The number of amides is 1. The number of hydrogen-bond donors (Lipinski definition) is 2. The number of aromatic nitrogens is 4. The fraction of sp³-hybridized carbons (Fsp3) is 0.0625. The van der Waals surface area contributed by atoms with Crippen molar-refractivity contribution in [3.8, 4) is 0 Å². The summed E-state index contributed by atoms with van der Waals surface area (Å²) in [5.74, 6) is -0.161. The van der Waals surface area contributed by atoms with Crippen LogP contribution in [0.2, 0.25) is 0 Å². The molecule has 0 saturated heterocycles. The summed E-state index contributed by atoms with van der Waals surface area (Å²) in [4.78, 5) is 16.6. The fourth-order valence-electron chi connectivity index (χ4n) is 2.50. The van der Waals surface area contributed by atoms with Gasteiger partial charge in [0.1, 0.15) is 0 Å². The molecular weight excluding hydrogens is 278 g/mol. The van der Waals surface area contributed by atoms with E-state index in [9.17, 15) is 4.79 Å². The zero-order chi connectivity index (χ0) is 15.1. The standard InChI is InChI=1S/C16H13N5O/c1-21-9-17-14-6-10(3-5-15(14)21)16(22)19-12-4-2-11-8-18-20-13(11)7-12/h2-9H,1H3,(H,18,20)(H,19,22). The Morgan fingerprint density at radius 2 is 2.14 bits per heavy atom. The molecular formula is C16H13N5O. The summed E-state index contributed by atoms with van der Waals surface area (Å²) in [6.07, 6.45) is 3.48. The third-order valence-corrected chi connectivity index (χ3v) is 3.69. The van der Waals surface area contributed by atoms with Gasteiger partial charge in [-0.15, -0.1) is 0 Å². The number of carbonyl (C=O) groups is 1. The van der Waals surface area contributed by atoms with Gasteiger partial charge in [-0.2, -0.15) is 5.10 Å². The topological polar surface area (TPSA) is 75.6 Å². The first kappa shape index (κ1) is 12.6. The van der Waals surface area contributed by atoms with Gasteiger partial charge in [0.25, 0.3) is 5.91 Å². The molecule has 4 rings (SSSR count). The van der Waals surface area contributed by atoms with Crippen LogP contribution in [0.25, 0.3) is 21.9 Å². The van der Waals surface area contributed by atoms with Crippen molar-refractivity contribution in [2.45, 2.75) is 0 Å². The molecule has 0 unspecified atom stereocenters. The highest BCUT2D eigenvalue weighted by molar-refractivity contribution is 6.06. The molecule has 4 aromatic rings. The lowest BCUT2D eigenvalue weighted by molar-refractivity contribution is 0.102. The average Bonchev–Trinajstić information content (AvgIpc) is 3.13. The van der Waals surface area contributed by atoms with Gasteiger partial charge in [0.2, 0.25) is 0 Å². The van der Waals surface area contributed by atoms with E-state index in [-0.39, 0.29) is 5.91 Å². The molecule has 2 heterocycles. The number of anilines is 1. The van der Waals surface area contributed by atoms with Crippen LogP contribution < -0.4 is 5.32 Å². The summed E-state index contributed by atoms with van der Waals surface area (Å²) in [5, 5.41) is 10.8. The van der Waals surface area contributed by atoms with Gasteiger partial charge >= 0.3 is 0 Å². The molecule has 0 bridgehead atoms. The first-order valence-corrected chi connectivity index (χ1v) is 6.86. The van der Waals surface area contributed by atoms with Crippen molar-refractivity contribution in [3.05, 3.63) is 54.5 Å². The summed E-state index contributed by atoms with van der Waals surface area (Å²) in [5.41, 5.74) is 3.99. The van der Waals surface area contributed by atoms with Crippen molar-refractivity contribution in [3.63, 3.8) is 0 Å². The van der Waals surface area contributed by atoms with Crippen molar-refractivity contribution >= 4 is 33.5 Å². The highest BCUT2D eigenvalue weighted by Crippen LogP contribution is 2.19. The summed E-state index contributed by atoms with van der Waals surface area (Å²) in [7, 11) is 1.93. The second kappa shape index (κ2) is 4.70. The van der Waals surface area contributed by atoms with E-state index in [0.29, 0.717) is 5.56 Å². The number of aryl methyl sites for hydroxylation is 1. The molecule has 0 fully saturated rings. The largest absolute Gasteiger partial charge is 0.334 e. The maximum atomic E-state index is 12.4. The molecule has 6 heteroatoms. The molecule has 0 aliphatic carbocycles. The number of fused-ring (bicyclic) bond motifs is 2. The number of benzene rings is 2. The van der Waals surface area contributed by atoms with Crippen molar-refractivity contribution < 1.29 is 4.79 Å². The Kier molecular flexibility index (Phi) is 2.69. The van der Waals surface area contributed by atoms with Gasteiger partial charge in [0, 0.05) is 23.7 Å². The normalized spacial score (nSPS) is 11.1. The predicted molar refractivity (Wildman–Crippen MR) is 84.8 cm³/mol. The average molecular weight is 291 g/mol. The number of aromatic amines is 1. The molecule has 2 N–H and O–H groups in total. The van der Waals surface area contributed by atoms with E-state index < -0.39 is 0 Å². The smallest absolute Gasteiger partial charge is 0.255 e. The van der Waals surface area contributed by atoms with Crippen LogP contribution in [0.15, 0.2) is 48.9 Å². The number of hydrogen-bond acceptors (Lipinski definition) is 3. The predicted octanol–water partition coefficient (Wildman–Crippen LogP) is 2.70. The van der Waals surface area contributed by atoms with Crippen LogP contribution in [0.1, 0.15) is 10.4 Å². The Morgan fingerprint density at radius 3 is 3.05 bits per heavy atom. The van der Waals surface area contributed by atoms with Crippen LogP contribution in [-0.4, -0.2) is 25.7 Å². The van der Waals surface area contributed by atoms with E-state index >= 15 is 0 Å². The maximum absolute atomic E-state index is 12.4. The van der Waals surface area contributed by atoms with Gasteiger partial charge < -0.3 is 9.88 Å². The van der Waals surface area contributed by atoms with Crippen LogP contribution in [-0.2, 0) is 7.05 Å². The first-order valence-electron chi connectivity index (χ1n) is 6.86. The van der Waals surface area contributed by atoms with Gasteiger partial charge in [-0.3, -0.25) is 9.89 Å². The summed E-state index contributed by atoms with van der Waals surface area (Å²) < 4.78 is 1.92. The van der Waals surface area contributed by atoms with Crippen LogP contribution in [0.4, 0.5) is 5.69 Å². The van der Waals surface area contributed by atoms with Gasteiger partial charge in [-0.05, 0) is 36.4 Å². The molecule has 2 aromatic heterocycles. The highest BCUT2D eigenvalue weighted by Gasteiger charge is 2.09. The Bertz CT molecular complexity index is 998. The van der Waals surface area contributed by atoms with Crippen LogP contribution in [0, 0.1) is 0 Å². The summed E-state index contributed by atoms with van der Waals surface area (Å²) in [6, 6.07) is 11.1. The lowest BCUT2D eigenvalue weighted by atomic mass is 10.1. The zero-order valence-electron chi connectivity index (χ0n) is 11.9. The lowest BCUT2D eigenvalue weighted by Gasteiger charge is -2.05. The summed E-state index contributed by atoms with van der Waals surface area (Å²) >= 11 is 0. The van der Waals surface area contributed by atoms with Gasteiger partial charge in [0.15, 0.2) is 0 Å². The molecule has 0 spiro atoms. The molecule has 0 radical (unpaired) electrons. The zero-order valence-corrected chi connectivity index (χ0v) is 11.9. The van der Waals surface area contributed by atoms with E-state index in [0.717, 1.165) is 27.6 Å². The Balaban J connectivity index is 1.64. The Morgan fingerprint density at radius 1 is 1.23 bits per heavy atom. The van der Waals surface area contributed by atoms with Crippen LogP contribution in [0.3, 0.4) is 0 Å². The van der Waals surface area contributed by atoms with Crippen molar-refractivity contribution in [1.29, 1.82) is 0 Å². The van der Waals surface area contributed by atoms with Gasteiger partial charge in [0.05, 0.1) is 29.1 Å². The molecule has 108 valence electrons. The monoisotopic (exact) mass is 291 g/mol. The fourth-order valence-corrected chi connectivity index (χ4v) is 2.50. The minimum atomic E-state index is -0.161. The number of nitrogens with zero attached hydrogens (tertiary/aromatic N) is 3. The number of nitrogens with one attached hydrogen (secondary N) is 2. The third kappa shape index (κ3) is 2.01. The minimum absolute atomic E-state index is 0.161. The molecule has 0 atom stereocenters. The Hall–Kier alpha value is -3.15. The second-order valence-corrected chi connectivity index (χ2v) is 5.19. The van der Waals surface area contributed by atoms with E-state index in [4.69, 9.17) is 0 Å². The third-order valence-electron chi connectivity index (χ3n) is 3.69. The van der Waals surface area contributed by atoms with Gasteiger partial charge in [-0.1, -0.05) is 0 Å². The minimum Gasteiger partial charge on any atom is -0.334 e. The lowest BCUT2D eigenvalue weighted by Crippen LogP contribution is -2.11. The van der Waals surface area contributed by atoms with Crippen molar-refractivity contribution in [2.24, 2.45) is 7.05 Å². The SMILES string of the molecule is Cn1cnc2cc(C(=O)Nc3ccc4cn[nH]c4c3)ccc21. The quantitative estimate of drug-likeness (QED) is 0.596. The molecule has 0 saturated carbocycles. The first-order chi connectivity index (χ1) is 10.7. The summed E-state index contributed by atoms with van der Waals surface area (Å²) in [6.45, 7) is 0. The second-order valence-electron chi connectivity index (χ2n) is 5.19. The van der Waals surface area contributed by atoms with Crippen LogP contribution >= 0.6 is 0 Å². The molecule has 0 aliphatic heterocycles. The molecule has 6 nitrogen and oxygen atoms in total. The van der Waals surface area contributed by atoms with Crippen molar-refractivity contribution in [1.82, 2.24) is 19.7 Å². The number of rotatable bonds is 2. The van der Waals surface area contributed by atoms with E-state index in [2.05, 4.69) is 20.5 Å². The van der Waals surface area contributed by atoms with E-state index in [1.165, 1.54) is 0 Å². The maximum Gasteiger partial charge on any atom is 0.255 e. The van der Waals surface area contributed by atoms with Crippen molar-refractivity contribution in [2.75, 3.05) is 5.32 Å². The number of imidazole rings is 1. The number of H-pyrrole nitrogens is 1. The molecule has 0 aliphatic rings. The van der Waals surface area contributed by atoms with E-state index in [1.54, 1.807) is 24.7 Å². The highest BCUT2D eigenvalue weighted by atomic mass is 16.1. The molecule has 2 aromatic carbocycles. The van der Waals surface area contributed by atoms with E-state index in [1.807, 2.05) is 35.9 Å². The van der Waals surface area contributed by atoms with Crippen LogP contribution in [0.5, 0.6) is 0 Å². The van der Waals surface area contributed by atoms with Gasteiger partial charge in [-0.25, -0.2) is 4.98 Å². The molecule has 1 amide bonds. The Labute approximate surface area is 125 Å².